The maximum absolute atomic E-state index is 11.1. The summed E-state index contributed by atoms with van der Waals surface area (Å²) in [6.45, 7) is 5.53. The van der Waals surface area contributed by atoms with E-state index in [1.54, 1.807) is 0 Å². The van der Waals surface area contributed by atoms with E-state index in [9.17, 15) is 4.79 Å². The highest BCUT2D eigenvalue weighted by Crippen LogP contribution is 2.12. The predicted octanol–water partition coefficient (Wildman–Crippen LogP) is 5.12. The number of aryl methyl sites for hydroxylation is 1. The van der Waals surface area contributed by atoms with E-state index < -0.39 is 5.97 Å². The van der Waals surface area contributed by atoms with Crippen molar-refractivity contribution in [2.75, 3.05) is 0 Å². The van der Waals surface area contributed by atoms with Crippen LogP contribution in [0.1, 0.15) is 96.7 Å². The second kappa shape index (κ2) is 13.9. The number of hydrogen-bond donors (Lipinski definition) is 1. The Morgan fingerprint density at radius 1 is 0.920 bits per heavy atom. The largest absolute Gasteiger partial charge is 0.478 e. The van der Waals surface area contributed by atoms with E-state index in [0.29, 0.717) is 0 Å². The first-order valence-corrected chi connectivity index (χ1v) is 10.5. The smallest absolute Gasteiger partial charge is 0.346 e. The Balaban J connectivity index is 2.27. The van der Waals surface area contributed by atoms with Gasteiger partial charge in [-0.3, -0.25) is 0 Å². The van der Waals surface area contributed by atoms with Gasteiger partial charge in [-0.25, -0.2) is 13.9 Å². The van der Waals surface area contributed by atoms with Crippen LogP contribution in [0.2, 0.25) is 0 Å². The standard InChI is InChI=1S/C21H38N2O2/c1-3-5-7-8-9-10-11-12-13-14-15-20-22(16-6-4-2)17-18-23(20)19-21(24)25/h17-18H,3-16,19H2,1-2H3/p+1. The molecule has 0 atom stereocenters. The number of rotatable bonds is 16. The molecule has 0 saturated heterocycles. The highest BCUT2D eigenvalue weighted by atomic mass is 16.4. The molecule has 0 bridgehead atoms. The minimum atomic E-state index is -0.762. The minimum Gasteiger partial charge on any atom is -0.478 e. The highest BCUT2D eigenvalue weighted by Gasteiger charge is 2.18. The maximum atomic E-state index is 11.1. The molecule has 0 aliphatic heterocycles. The molecule has 0 radical (unpaired) electrons. The lowest BCUT2D eigenvalue weighted by molar-refractivity contribution is -0.692. The van der Waals surface area contributed by atoms with Gasteiger partial charge in [0.1, 0.15) is 12.4 Å². The molecule has 25 heavy (non-hydrogen) atoms. The van der Waals surface area contributed by atoms with Gasteiger partial charge in [-0.05, 0) is 12.8 Å². The van der Waals surface area contributed by atoms with Gasteiger partial charge < -0.3 is 5.11 Å². The van der Waals surface area contributed by atoms with Crippen molar-refractivity contribution in [2.24, 2.45) is 0 Å². The third-order valence-electron chi connectivity index (χ3n) is 4.90. The van der Waals surface area contributed by atoms with Gasteiger partial charge in [0.2, 0.25) is 0 Å². The average Bonchev–Trinajstić information content (AvgIpc) is 2.95. The number of carboxylic acids is 1. The lowest BCUT2D eigenvalue weighted by Gasteiger charge is -2.05. The van der Waals surface area contributed by atoms with Crippen LogP contribution >= 0.6 is 0 Å². The molecule has 0 aliphatic rings. The quantitative estimate of drug-likeness (QED) is 0.332. The summed E-state index contributed by atoms with van der Waals surface area (Å²) in [7, 11) is 0. The van der Waals surface area contributed by atoms with Crippen molar-refractivity contribution < 1.29 is 14.5 Å². The molecule has 1 rings (SSSR count). The number of aliphatic carboxylic acids is 1. The summed E-state index contributed by atoms with van der Waals surface area (Å²) in [6, 6.07) is 0. The number of carbonyl (C=O) groups is 1. The van der Waals surface area contributed by atoms with Crippen LogP contribution in [0.5, 0.6) is 0 Å². The summed E-state index contributed by atoms with van der Waals surface area (Å²) < 4.78 is 4.16. The Bertz CT molecular complexity index is 468. The molecule has 0 unspecified atom stereocenters. The third kappa shape index (κ3) is 9.66. The lowest BCUT2D eigenvalue weighted by atomic mass is 10.1. The molecular formula is C21H39N2O2+. The Morgan fingerprint density at radius 3 is 2.04 bits per heavy atom. The number of nitrogens with zero attached hydrogens (tertiary/aromatic N) is 2. The van der Waals surface area contributed by atoms with E-state index in [2.05, 4.69) is 18.4 Å². The molecule has 1 heterocycles. The molecule has 0 aliphatic carbocycles. The SMILES string of the molecule is CCCCCCCCCCCCc1n(CCCC)cc[n+]1CC(=O)O. The van der Waals surface area contributed by atoms with Gasteiger partial charge >= 0.3 is 5.97 Å². The summed E-state index contributed by atoms with van der Waals surface area (Å²) in [5.41, 5.74) is 0. The monoisotopic (exact) mass is 351 g/mol. The van der Waals surface area contributed by atoms with Gasteiger partial charge in [-0.2, -0.15) is 0 Å². The Hall–Kier alpha value is -1.32. The first-order chi connectivity index (χ1) is 12.2. The summed E-state index contributed by atoms with van der Waals surface area (Å²) in [4.78, 5) is 11.1. The van der Waals surface area contributed by atoms with Gasteiger partial charge in [-0.15, -0.1) is 0 Å². The van der Waals surface area contributed by atoms with Crippen molar-refractivity contribution in [3.05, 3.63) is 18.2 Å². The first-order valence-electron chi connectivity index (χ1n) is 10.5. The number of hydrogen-bond acceptors (Lipinski definition) is 1. The fourth-order valence-electron chi connectivity index (χ4n) is 3.38. The summed E-state index contributed by atoms with van der Waals surface area (Å²) in [5, 5.41) is 9.09. The van der Waals surface area contributed by atoms with Crippen molar-refractivity contribution in [3.8, 4) is 0 Å². The molecule has 4 heteroatoms. The lowest BCUT2D eigenvalue weighted by Crippen LogP contribution is -2.41. The van der Waals surface area contributed by atoms with Crippen molar-refractivity contribution in [3.63, 3.8) is 0 Å². The molecular weight excluding hydrogens is 312 g/mol. The van der Waals surface area contributed by atoms with E-state index in [4.69, 9.17) is 5.11 Å². The van der Waals surface area contributed by atoms with Crippen LogP contribution in [-0.2, 0) is 24.3 Å². The Labute approximate surface area is 154 Å². The predicted molar refractivity (Wildman–Crippen MR) is 103 cm³/mol. The van der Waals surface area contributed by atoms with Crippen LogP contribution in [0, 0.1) is 0 Å². The number of aromatic nitrogens is 2. The molecule has 1 N–H and O–H groups in total. The summed E-state index contributed by atoms with van der Waals surface area (Å²) in [5.74, 6) is 0.415. The van der Waals surface area contributed by atoms with Crippen LogP contribution < -0.4 is 4.57 Å². The Morgan fingerprint density at radius 2 is 1.48 bits per heavy atom. The molecule has 144 valence electrons. The minimum absolute atomic E-state index is 0.0756. The highest BCUT2D eigenvalue weighted by molar-refractivity contribution is 5.64. The van der Waals surface area contributed by atoms with E-state index in [0.717, 1.165) is 32.2 Å². The number of unbranched alkanes of at least 4 members (excludes halogenated alkanes) is 10. The molecule has 4 nitrogen and oxygen atoms in total. The van der Waals surface area contributed by atoms with Crippen LogP contribution in [0.3, 0.4) is 0 Å². The molecule has 0 spiro atoms. The van der Waals surface area contributed by atoms with Crippen molar-refractivity contribution in [1.82, 2.24) is 4.57 Å². The fourth-order valence-corrected chi connectivity index (χ4v) is 3.38. The Kier molecular flexibility index (Phi) is 12.1. The molecule has 1 aromatic heterocycles. The zero-order valence-electron chi connectivity index (χ0n) is 16.5. The van der Waals surface area contributed by atoms with Crippen LogP contribution in [0.15, 0.2) is 12.4 Å². The van der Waals surface area contributed by atoms with E-state index in [1.165, 1.54) is 63.6 Å². The topological polar surface area (TPSA) is 46.1 Å². The average molecular weight is 352 g/mol. The second-order valence-corrected chi connectivity index (χ2v) is 7.21. The zero-order chi connectivity index (χ0) is 18.3. The molecule has 0 fully saturated rings. The van der Waals surface area contributed by atoms with Crippen molar-refractivity contribution in [1.29, 1.82) is 0 Å². The van der Waals surface area contributed by atoms with Gasteiger partial charge in [0.25, 0.3) is 5.82 Å². The van der Waals surface area contributed by atoms with Crippen LogP contribution in [-0.4, -0.2) is 15.6 Å². The van der Waals surface area contributed by atoms with Crippen molar-refractivity contribution >= 4 is 5.97 Å². The third-order valence-corrected chi connectivity index (χ3v) is 4.90. The first kappa shape index (κ1) is 21.7. The molecule has 0 aromatic carbocycles. The van der Waals surface area contributed by atoms with Gasteiger partial charge in [-0.1, -0.05) is 78.1 Å². The molecule has 1 aromatic rings. The van der Waals surface area contributed by atoms with E-state index in [-0.39, 0.29) is 6.54 Å². The normalized spacial score (nSPS) is 11.1. The zero-order valence-corrected chi connectivity index (χ0v) is 16.5. The molecule has 0 amide bonds. The van der Waals surface area contributed by atoms with E-state index in [1.807, 2.05) is 17.0 Å². The van der Waals surface area contributed by atoms with Crippen LogP contribution in [0.25, 0.3) is 0 Å². The fraction of sp³-hybridized carbons (Fsp3) is 0.810. The van der Waals surface area contributed by atoms with Crippen LogP contribution in [0.4, 0.5) is 0 Å². The van der Waals surface area contributed by atoms with Gasteiger partial charge in [0.15, 0.2) is 6.54 Å². The number of imidazole rings is 1. The summed E-state index contributed by atoms with van der Waals surface area (Å²) >= 11 is 0. The number of carboxylic acid groups (broad SMARTS) is 1. The van der Waals surface area contributed by atoms with Crippen molar-refractivity contribution in [2.45, 2.75) is 110 Å². The van der Waals surface area contributed by atoms with E-state index >= 15 is 0 Å². The second-order valence-electron chi connectivity index (χ2n) is 7.21. The molecule has 0 saturated carbocycles. The summed E-state index contributed by atoms with van der Waals surface area (Å²) in [6.07, 6.45) is 20.6. The van der Waals surface area contributed by atoms with Gasteiger partial charge in [0, 0.05) is 6.42 Å². The maximum Gasteiger partial charge on any atom is 0.346 e. The van der Waals surface area contributed by atoms with Gasteiger partial charge in [0.05, 0.1) is 6.54 Å².